The SMILES string of the molecule is O=c1oc2ccccc2cc1S(=O)(=O)c1ccc(F)c2ccccc12. The lowest BCUT2D eigenvalue weighted by Crippen LogP contribution is -2.14. The lowest BCUT2D eigenvalue weighted by molar-refractivity contribution is 0.532. The number of fused-ring (bicyclic) bond motifs is 2. The van der Waals surface area contributed by atoms with E-state index in [1.54, 1.807) is 36.4 Å². The van der Waals surface area contributed by atoms with Crippen LogP contribution in [0.1, 0.15) is 0 Å². The van der Waals surface area contributed by atoms with Gasteiger partial charge < -0.3 is 4.42 Å². The molecule has 4 rings (SSSR count). The third-order valence-electron chi connectivity index (χ3n) is 4.02. The molecule has 0 aliphatic heterocycles. The van der Waals surface area contributed by atoms with Crippen molar-refractivity contribution in [2.45, 2.75) is 9.79 Å². The van der Waals surface area contributed by atoms with Gasteiger partial charge in [0, 0.05) is 16.2 Å². The third-order valence-corrected chi connectivity index (χ3v) is 5.82. The second kappa shape index (κ2) is 5.53. The highest BCUT2D eigenvalue weighted by atomic mass is 32.2. The fraction of sp³-hybridized carbons (Fsp3) is 0. The molecule has 1 heterocycles. The van der Waals surface area contributed by atoms with Crippen LogP contribution in [0.25, 0.3) is 21.7 Å². The van der Waals surface area contributed by atoms with E-state index >= 15 is 0 Å². The van der Waals surface area contributed by atoms with E-state index in [0.717, 1.165) is 6.07 Å². The molecule has 4 nitrogen and oxygen atoms in total. The maximum atomic E-state index is 14.0. The van der Waals surface area contributed by atoms with Crippen LogP contribution in [0, 0.1) is 5.82 Å². The summed E-state index contributed by atoms with van der Waals surface area (Å²) in [6, 6.07) is 16.4. The number of hydrogen-bond donors (Lipinski definition) is 0. The Hall–Kier alpha value is -2.99. The summed E-state index contributed by atoms with van der Waals surface area (Å²) in [4.78, 5) is 11.6. The fourth-order valence-corrected chi connectivity index (χ4v) is 4.31. The molecule has 3 aromatic carbocycles. The Kier molecular flexibility index (Phi) is 3.43. The van der Waals surface area contributed by atoms with E-state index in [0.29, 0.717) is 11.0 Å². The molecule has 0 aliphatic rings. The zero-order chi connectivity index (χ0) is 17.6. The van der Waals surface area contributed by atoms with Gasteiger partial charge in [-0.2, -0.15) is 0 Å². The van der Waals surface area contributed by atoms with Gasteiger partial charge in [-0.3, -0.25) is 0 Å². The van der Waals surface area contributed by atoms with E-state index in [9.17, 15) is 17.6 Å². The van der Waals surface area contributed by atoms with E-state index in [1.165, 1.54) is 24.3 Å². The van der Waals surface area contributed by atoms with Crippen molar-refractivity contribution >= 4 is 31.6 Å². The van der Waals surface area contributed by atoms with E-state index in [1.807, 2.05) is 0 Å². The monoisotopic (exact) mass is 354 g/mol. The van der Waals surface area contributed by atoms with Crippen LogP contribution in [0.15, 0.2) is 85.7 Å². The topological polar surface area (TPSA) is 64.3 Å². The molecule has 4 aromatic rings. The normalized spacial score (nSPS) is 11.9. The molecule has 0 bridgehead atoms. The van der Waals surface area contributed by atoms with Crippen molar-refractivity contribution in [1.29, 1.82) is 0 Å². The lowest BCUT2D eigenvalue weighted by Gasteiger charge is -2.09. The number of hydrogen-bond acceptors (Lipinski definition) is 4. The quantitative estimate of drug-likeness (QED) is 0.404. The molecule has 0 unspecified atom stereocenters. The first-order valence-corrected chi connectivity index (χ1v) is 8.92. The van der Waals surface area contributed by atoms with Crippen LogP contribution in [0.3, 0.4) is 0 Å². The summed E-state index contributed by atoms with van der Waals surface area (Å²) in [7, 11) is -4.18. The Morgan fingerprint density at radius 1 is 0.800 bits per heavy atom. The summed E-state index contributed by atoms with van der Waals surface area (Å²) in [5.74, 6) is -0.528. The van der Waals surface area contributed by atoms with Crippen molar-refractivity contribution in [2.75, 3.05) is 0 Å². The Labute approximate surface area is 142 Å². The molecule has 0 N–H and O–H groups in total. The summed E-state index contributed by atoms with van der Waals surface area (Å²) in [5.41, 5.74) is -0.650. The molecular weight excluding hydrogens is 343 g/mol. The molecule has 0 saturated heterocycles. The van der Waals surface area contributed by atoms with Gasteiger partial charge in [0.15, 0.2) is 4.90 Å². The predicted octanol–water partition coefficient (Wildman–Crippen LogP) is 3.92. The average Bonchev–Trinajstić information content (AvgIpc) is 2.61. The second-order valence-corrected chi connectivity index (χ2v) is 7.42. The van der Waals surface area contributed by atoms with Crippen LogP contribution in [0.2, 0.25) is 0 Å². The summed E-state index contributed by atoms with van der Waals surface area (Å²) < 4.78 is 45.2. The summed E-state index contributed by atoms with van der Waals surface area (Å²) in [6.45, 7) is 0. The van der Waals surface area contributed by atoms with Crippen molar-refractivity contribution < 1.29 is 17.2 Å². The van der Waals surface area contributed by atoms with Gasteiger partial charge in [0.25, 0.3) is 0 Å². The molecule has 0 saturated carbocycles. The summed E-state index contributed by atoms with van der Waals surface area (Å²) in [5, 5.41) is 0.885. The number of rotatable bonds is 2. The van der Waals surface area contributed by atoms with E-state index in [4.69, 9.17) is 4.42 Å². The largest absolute Gasteiger partial charge is 0.422 e. The summed E-state index contributed by atoms with van der Waals surface area (Å²) in [6.07, 6.45) is 0. The first-order valence-electron chi connectivity index (χ1n) is 7.44. The maximum absolute atomic E-state index is 14.0. The molecule has 0 atom stereocenters. The minimum Gasteiger partial charge on any atom is -0.422 e. The van der Waals surface area contributed by atoms with Crippen LogP contribution in [0.5, 0.6) is 0 Å². The van der Waals surface area contributed by atoms with Crippen molar-refractivity contribution in [3.63, 3.8) is 0 Å². The molecule has 1 aromatic heterocycles. The average molecular weight is 354 g/mol. The zero-order valence-corrected chi connectivity index (χ0v) is 13.6. The minimum absolute atomic E-state index is 0.132. The number of halogens is 1. The smallest absolute Gasteiger partial charge is 0.355 e. The molecule has 0 fully saturated rings. The van der Waals surface area contributed by atoms with Crippen molar-refractivity contribution in [3.05, 3.63) is 83.0 Å². The van der Waals surface area contributed by atoms with Gasteiger partial charge in [0.05, 0.1) is 4.90 Å². The highest BCUT2D eigenvalue weighted by molar-refractivity contribution is 7.91. The molecule has 124 valence electrons. The molecule has 0 aliphatic carbocycles. The Morgan fingerprint density at radius 2 is 1.48 bits per heavy atom. The Balaban J connectivity index is 2.05. The molecule has 0 spiro atoms. The molecule has 25 heavy (non-hydrogen) atoms. The van der Waals surface area contributed by atoms with Crippen molar-refractivity contribution in [2.24, 2.45) is 0 Å². The Bertz CT molecular complexity index is 1290. The maximum Gasteiger partial charge on any atom is 0.355 e. The first-order chi connectivity index (χ1) is 12.0. The highest BCUT2D eigenvalue weighted by Crippen LogP contribution is 2.29. The molecule has 6 heteroatoms. The molecular formula is C19H11FO4S. The number of para-hydroxylation sites is 1. The van der Waals surface area contributed by atoms with Gasteiger partial charge in [-0.25, -0.2) is 17.6 Å². The third kappa shape index (κ3) is 2.42. The first kappa shape index (κ1) is 15.5. The van der Waals surface area contributed by atoms with Gasteiger partial charge in [-0.15, -0.1) is 0 Å². The Morgan fingerprint density at radius 3 is 2.28 bits per heavy atom. The van der Waals surface area contributed by atoms with Crippen LogP contribution in [-0.2, 0) is 9.84 Å². The second-order valence-electron chi connectivity index (χ2n) is 5.53. The highest BCUT2D eigenvalue weighted by Gasteiger charge is 2.25. The van der Waals surface area contributed by atoms with Gasteiger partial charge in [0.1, 0.15) is 11.4 Å². The van der Waals surface area contributed by atoms with Gasteiger partial charge in [-0.05, 0) is 24.3 Å². The van der Waals surface area contributed by atoms with Crippen LogP contribution in [-0.4, -0.2) is 8.42 Å². The zero-order valence-electron chi connectivity index (χ0n) is 12.8. The van der Waals surface area contributed by atoms with Gasteiger partial charge in [0.2, 0.25) is 9.84 Å². The number of benzene rings is 3. The molecule has 0 radical (unpaired) electrons. The number of sulfone groups is 1. The van der Waals surface area contributed by atoms with E-state index < -0.39 is 26.2 Å². The van der Waals surface area contributed by atoms with E-state index in [-0.39, 0.29) is 15.7 Å². The predicted molar refractivity (Wildman–Crippen MR) is 91.8 cm³/mol. The summed E-state index contributed by atoms with van der Waals surface area (Å²) >= 11 is 0. The fourth-order valence-electron chi connectivity index (χ4n) is 2.82. The van der Waals surface area contributed by atoms with Crippen molar-refractivity contribution in [1.82, 2.24) is 0 Å². The van der Waals surface area contributed by atoms with E-state index in [2.05, 4.69) is 0 Å². The van der Waals surface area contributed by atoms with Gasteiger partial charge in [-0.1, -0.05) is 42.5 Å². The van der Waals surface area contributed by atoms with Crippen molar-refractivity contribution in [3.8, 4) is 0 Å². The van der Waals surface area contributed by atoms with Crippen LogP contribution in [0.4, 0.5) is 4.39 Å². The standard InChI is InChI=1S/C19H11FO4S/c20-15-9-10-17(14-7-3-2-6-13(14)15)25(22,23)18-11-12-5-1-4-8-16(12)24-19(18)21/h1-11H. The van der Waals surface area contributed by atoms with Crippen LogP contribution >= 0.6 is 0 Å². The minimum atomic E-state index is -4.18. The lowest BCUT2D eigenvalue weighted by atomic mass is 10.1. The van der Waals surface area contributed by atoms with Gasteiger partial charge >= 0.3 is 5.63 Å². The van der Waals surface area contributed by atoms with Crippen LogP contribution < -0.4 is 5.63 Å². The molecule has 0 amide bonds.